The van der Waals surface area contributed by atoms with Gasteiger partial charge in [-0.3, -0.25) is 24.6 Å². The van der Waals surface area contributed by atoms with Gasteiger partial charge in [0.1, 0.15) is 5.76 Å². The predicted octanol–water partition coefficient (Wildman–Crippen LogP) is 4.11. The number of amides is 1. The minimum atomic E-state index is -1.06. The van der Waals surface area contributed by atoms with Crippen molar-refractivity contribution >= 4 is 28.8 Å². The molecule has 0 saturated carbocycles. The number of nitro groups is 1. The average molecular weight is 485 g/mol. The van der Waals surface area contributed by atoms with Gasteiger partial charge in [-0.1, -0.05) is 6.07 Å². The summed E-state index contributed by atoms with van der Waals surface area (Å²) in [6, 6.07) is 16.8. The largest absolute Gasteiger partial charge is 0.507 e. The van der Waals surface area contributed by atoms with E-state index in [9.17, 15) is 24.8 Å². The molecule has 1 atom stereocenters. The highest BCUT2D eigenvalue weighted by molar-refractivity contribution is 6.51. The molecule has 1 unspecified atom stereocenters. The molecule has 0 bridgehead atoms. The minimum Gasteiger partial charge on any atom is -0.507 e. The van der Waals surface area contributed by atoms with Gasteiger partial charge < -0.3 is 14.6 Å². The van der Waals surface area contributed by atoms with E-state index in [0.717, 1.165) is 0 Å². The number of hydrogen-bond donors (Lipinski definition) is 1. The number of ketones is 1. The number of carbonyl (C=O) groups excluding carboxylic acids is 2. The summed E-state index contributed by atoms with van der Waals surface area (Å²) in [5.74, 6) is -1.54. The number of methoxy groups -OCH3 is 2. The van der Waals surface area contributed by atoms with Gasteiger partial charge in [0.25, 0.3) is 17.4 Å². The van der Waals surface area contributed by atoms with Crippen molar-refractivity contribution in [1.29, 1.82) is 5.26 Å². The first kappa shape index (κ1) is 24.0. The summed E-state index contributed by atoms with van der Waals surface area (Å²) in [4.78, 5) is 38.1. The fourth-order valence-electron chi connectivity index (χ4n) is 4.03. The Kier molecular flexibility index (Phi) is 6.39. The van der Waals surface area contributed by atoms with Gasteiger partial charge in [0, 0.05) is 23.4 Å². The number of nitrogens with zero attached hydrogens (tertiary/aromatic N) is 3. The van der Waals surface area contributed by atoms with E-state index in [1.54, 1.807) is 18.2 Å². The summed E-state index contributed by atoms with van der Waals surface area (Å²) < 4.78 is 10.7. The molecule has 1 aliphatic heterocycles. The van der Waals surface area contributed by atoms with Crippen LogP contribution in [0.1, 0.15) is 22.7 Å². The number of hydrogen-bond acceptors (Lipinski definition) is 8. The molecule has 4 rings (SSSR count). The van der Waals surface area contributed by atoms with Gasteiger partial charge in [0.2, 0.25) is 0 Å². The number of nitriles is 1. The third kappa shape index (κ3) is 4.10. The molecule has 0 radical (unpaired) electrons. The molecule has 0 aromatic heterocycles. The number of aliphatic hydroxyl groups excluding tert-OH is 1. The van der Waals surface area contributed by atoms with Gasteiger partial charge in [-0.05, 0) is 54.1 Å². The highest BCUT2D eigenvalue weighted by Gasteiger charge is 2.47. The zero-order valence-corrected chi connectivity index (χ0v) is 19.2. The number of benzene rings is 3. The van der Waals surface area contributed by atoms with Crippen molar-refractivity contribution in [3.63, 3.8) is 0 Å². The van der Waals surface area contributed by atoms with Gasteiger partial charge in [0.15, 0.2) is 11.5 Å². The third-order valence-corrected chi connectivity index (χ3v) is 5.79. The number of ether oxygens (including phenoxy) is 2. The SMILES string of the molecule is COc1ccc(C2/C(=C(/O)c3ccc([N+](=O)[O-])cc3)C(=O)C(=O)N2c2ccc(C#N)cc2)cc1OC. The second-order valence-corrected chi connectivity index (χ2v) is 7.75. The highest BCUT2D eigenvalue weighted by atomic mass is 16.6. The molecule has 36 heavy (non-hydrogen) atoms. The van der Waals surface area contributed by atoms with E-state index >= 15 is 0 Å². The molecular weight excluding hydrogens is 466 g/mol. The lowest BCUT2D eigenvalue weighted by Crippen LogP contribution is -2.29. The quantitative estimate of drug-likeness (QED) is 0.181. The zero-order valence-electron chi connectivity index (χ0n) is 19.2. The van der Waals surface area contributed by atoms with Gasteiger partial charge in [-0.15, -0.1) is 0 Å². The Balaban J connectivity index is 1.94. The van der Waals surface area contributed by atoms with Crippen molar-refractivity contribution in [3.8, 4) is 17.6 Å². The van der Waals surface area contributed by atoms with Crippen LogP contribution in [0, 0.1) is 21.4 Å². The van der Waals surface area contributed by atoms with Crippen LogP contribution in [0.5, 0.6) is 11.5 Å². The first-order chi connectivity index (χ1) is 17.3. The summed E-state index contributed by atoms with van der Waals surface area (Å²) >= 11 is 0. The predicted molar refractivity (Wildman–Crippen MR) is 129 cm³/mol. The van der Waals surface area contributed by atoms with Crippen molar-refractivity contribution in [1.82, 2.24) is 0 Å². The lowest BCUT2D eigenvalue weighted by Gasteiger charge is -2.26. The molecule has 0 spiro atoms. The molecule has 1 aliphatic rings. The molecule has 10 heteroatoms. The first-order valence-electron chi connectivity index (χ1n) is 10.6. The van der Waals surface area contributed by atoms with E-state index in [2.05, 4.69) is 0 Å². The number of carbonyl (C=O) groups is 2. The number of nitro benzene ring substituents is 1. The maximum atomic E-state index is 13.2. The minimum absolute atomic E-state index is 0.129. The van der Waals surface area contributed by atoms with E-state index < -0.39 is 28.4 Å². The van der Waals surface area contributed by atoms with E-state index in [1.807, 2.05) is 6.07 Å². The number of anilines is 1. The fraction of sp³-hybridized carbons (Fsp3) is 0.115. The molecule has 1 saturated heterocycles. The number of rotatable bonds is 6. The molecule has 1 fully saturated rings. The Morgan fingerprint density at radius 1 is 1.00 bits per heavy atom. The van der Waals surface area contributed by atoms with Gasteiger partial charge >= 0.3 is 0 Å². The molecule has 3 aromatic rings. The summed E-state index contributed by atoms with van der Waals surface area (Å²) in [6.45, 7) is 0. The third-order valence-electron chi connectivity index (χ3n) is 5.79. The van der Waals surface area contributed by atoms with Crippen LogP contribution in [0.2, 0.25) is 0 Å². The highest BCUT2D eigenvalue weighted by Crippen LogP contribution is 2.44. The Labute approximate surface area is 205 Å². The van der Waals surface area contributed by atoms with Crippen molar-refractivity contribution in [2.45, 2.75) is 6.04 Å². The van der Waals surface area contributed by atoms with E-state index in [-0.39, 0.29) is 16.8 Å². The Morgan fingerprint density at radius 3 is 2.19 bits per heavy atom. The maximum Gasteiger partial charge on any atom is 0.300 e. The van der Waals surface area contributed by atoms with Gasteiger partial charge in [0.05, 0.1) is 42.4 Å². The Bertz CT molecular complexity index is 1440. The second kappa shape index (κ2) is 9.60. The topological polar surface area (TPSA) is 143 Å². The van der Waals surface area contributed by atoms with Crippen LogP contribution in [0.15, 0.2) is 72.3 Å². The van der Waals surface area contributed by atoms with Crippen LogP contribution in [-0.4, -0.2) is 35.9 Å². The van der Waals surface area contributed by atoms with Crippen LogP contribution >= 0.6 is 0 Å². The summed E-state index contributed by atoms with van der Waals surface area (Å²) in [5.41, 5.74) is 0.873. The molecule has 180 valence electrons. The van der Waals surface area contributed by atoms with Gasteiger partial charge in [-0.25, -0.2) is 0 Å². The molecule has 1 amide bonds. The van der Waals surface area contributed by atoms with Crippen molar-refractivity contribution < 1.29 is 29.1 Å². The molecule has 3 aromatic carbocycles. The lowest BCUT2D eigenvalue weighted by molar-refractivity contribution is -0.384. The van der Waals surface area contributed by atoms with E-state index in [0.29, 0.717) is 28.3 Å². The second-order valence-electron chi connectivity index (χ2n) is 7.75. The first-order valence-corrected chi connectivity index (χ1v) is 10.6. The van der Waals surface area contributed by atoms with Crippen LogP contribution in [0.4, 0.5) is 11.4 Å². The lowest BCUT2D eigenvalue weighted by atomic mass is 9.94. The Morgan fingerprint density at radius 2 is 1.64 bits per heavy atom. The monoisotopic (exact) mass is 485 g/mol. The molecule has 1 heterocycles. The molecule has 0 aliphatic carbocycles. The average Bonchev–Trinajstić information content (AvgIpc) is 3.17. The van der Waals surface area contributed by atoms with Crippen LogP contribution in [-0.2, 0) is 9.59 Å². The number of non-ortho nitro benzene ring substituents is 1. The Hall–Kier alpha value is -5.17. The van der Waals surface area contributed by atoms with Crippen LogP contribution in [0.3, 0.4) is 0 Å². The fourth-order valence-corrected chi connectivity index (χ4v) is 4.03. The van der Waals surface area contributed by atoms with Crippen LogP contribution in [0.25, 0.3) is 5.76 Å². The zero-order chi connectivity index (χ0) is 26.0. The summed E-state index contributed by atoms with van der Waals surface area (Å²) in [7, 11) is 2.91. The van der Waals surface area contributed by atoms with Crippen LogP contribution < -0.4 is 14.4 Å². The molecular formula is C26H19N3O7. The standard InChI is InChI=1S/C26H19N3O7/c1-35-20-12-7-17(13-21(20)36-2)23-22(24(30)16-5-10-19(11-6-16)29(33)34)25(31)26(32)28(23)18-8-3-15(14-27)4-9-18/h3-13,23,30H,1-2H3/b24-22-. The number of aliphatic hydroxyl groups is 1. The maximum absolute atomic E-state index is 13.2. The van der Waals surface area contributed by atoms with Crippen molar-refractivity contribution in [2.75, 3.05) is 19.1 Å². The van der Waals surface area contributed by atoms with Gasteiger partial charge in [-0.2, -0.15) is 5.26 Å². The molecule has 1 N–H and O–H groups in total. The smallest absolute Gasteiger partial charge is 0.300 e. The molecule has 10 nitrogen and oxygen atoms in total. The van der Waals surface area contributed by atoms with E-state index in [4.69, 9.17) is 14.7 Å². The number of Topliss-reactive ketones (excluding diaryl/α,β-unsaturated/α-hetero) is 1. The summed E-state index contributed by atoms with van der Waals surface area (Å²) in [5, 5.41) is 31.3. The van der Waals surface area contributed by atoms with Crippen molar-refractivity contribution in [2.24, 2.45) is 0 Å². The summed E-state index contributed by atoms with van der Waals surface area (Å²) in [6.07, 6.45) is 0. The van der Waals surface area contributed by atoms with E-state index in [1.165, 1.54) is 67.7 Å². The van der Waals surface area contributed by atoms with Crippen molar-refractivity contribution in [3.05, 3.63) is 99.1 Å². The normalized spacial score (nSPS) is 16.5.